The molecular formula is C22H32N4O3. The highest BCUT2D eigenvalue weighted by molar-refractivity contribution is 5.93. The molecule has 0 bridgehead atoms. The molecule has 1 fully saturated rings. The number of aryl methyl sites for hydroxylation is 2. The zero-order valence-corrected chi connectivity index (χ0v) is 18.1. The fourth-order valence-corrected chi connectivity index (χ4v) is 3.91. The number of likely N-dealkylation sites (tertiary alicyclic amines) is 1. The van der Waals surface area contributed by atoms with Gasteiger partial charge >= 0.3 is 0 Å². The van der Waals surface area contributed by atoms with Gasteiger partial charge in [-0.05, 0) is 45.6 Å². The molecule has 29 heavy (non-hydrogen) atoms. The van der Waals surface area contributed by atoms with E-state index in [1.165, 1.54) is 6.26 Å². The average Bonchev–Trinajstić information content (AvgIpc) is 3.20. The van der Waals surface area contributed by atoms with Gasteiger partial charge in [0.2, 0.25) is 5.91 Å². The van der Waals surface area contributed by atoms with Crippen molar-refractivity contribution in [2.75, 3.05) is 13.1 Å². The summed E-state index contributed by atoms with van der Waals surface area (Å²) in [5, 5.41) is 7.64. The largest absolute Gasteiger partial charge is 0.459 e. The highest BCUT2D eigenvalue weighted by Crippen LogP contribution is 2.19. The number of amides is 2. The molecule has 1 saturated heterocycles. The number of nitrogens with one attached hydrogen (secondary N) is 1. The van der Waals surface area contributed by atoms with Gasteiger partial charge in [-0.1, -0.05) is 13.8 Å². The van der Waals surface area contributed by atoms with Crippen LogP contribution >= 0.6 is 0 Å². The summed E-state index contributed by atoms with van der Waals surface area (Å²) in [6.07, 6.45) is 3.42. The van der Waals surface area contributed by atoms with Crippen molar-refractivity contribution < 1.29 is 14.0 Å². The number of rotatable bonds is 6. The molecule has 1 aliphatic heterocycles. The van der Waals surface area contributed by atoms with Crippen molar-refractivity contribution in [1.29, 1.82) is 0 Å². The van der Waals surface area contributed by atoms with Gasteiger partial charge in [0.05, 0.1) is 18.4 Å². The minimum Gasteiger partial charge on any atom is -0.459 e. The highest BCUT2D eigenvalue weighted by Gasteiger charge is 2.26. The number of furan rings is 1. The van der Waals surface area contributed by atoms with Gasteiger partial charge in [0.15, 0.2) is 5.76 Å². The summed E-state index contributed by atoms with van der Waals surface area (Å²) in [4.78, 5) is 27.1. The van der Waals surface area contributed by atoms with Crippen molar-refractivity contribution in [3.63, 3.8) is 0 Å². The van der Waals surface area contributed by atoms with Gasteiger partial charge in [-0.3, -0.25) is 14.3 Å². The molecule has 1 aliphatic rings. The normalized spacial score (nSPS) is 15.2. The van der Waals surface area contributed by atoms with E-state index in [1.807, 2.05) is 30.4 Å². The lowest BCUT2D eigenvalue weighted by Crippen LogP contribution is -2.47. The van der Waals surface area contributed by atoms with E-state index in [4.69, 9.17) is 4.42 Å². The van der Waals surface area contributed by atoms with E-state index in [9.17, 15) is 9.59 Å². The number of hydrogen-bond donors (Lipinski definition) is 1. The highest BCUT2D eigenvalue weighted by atomic mass is 16.3. The number of carbonyl (C=O) groups excluding carboxylic acids is 2. The van der Waals surface area contributed by atoms with Gasteiger partial charge in [-0.25, -0.2) is 0 Å². The lowest BCUT2D eigenvalue weighted by atomic mass is 10.0. The molecule has 0 saturated carbocycles. The first-order chi connectivity index (χ1) is 13.8. The first-order valence-corrected chi connectivity index (χ1v) is 10.4. The summed E-state index contributed by atoms with van der Waals surface area (Å²) in [5.41, 5.74) is 3.89. The maximum Gasteiger partial charge on any atom is 0.287 e. The van der Waals surface area contributed by atoms with Crippen LogP contribution in [0.1, 0.15) is 59.8 Å². The van der Waals surface area contributed by atoms with Gasteiger partial charge in [0, 0.05) is 42.5 Å². The number of aromatic nitrogens is 2. The second kappa shape index (κ2) is 8.84. The van der Waals surface area contributed by atoms with Gasteiger partial charge in [-0.15, -0.1) is 0 Å². The van der Waals surface area contributed by atoms with Gasteiger partial charge in [0.25, 0.3) is 5.91 Å². The Hall–Kier alpha value is -2.57. The Morgan fingerprint density at radius 1 is 1.24 bits per heavy atom. The van der Waals surface area contributed by atoms with Crippen LogP contribution in [0, 0.1) is 26.7 Å². The molecule has 0 unspecified atom stereocenters. The quantitative estimate of drug-likeness (QED) is 0.808. The number of piperidine rings is 1. The van der Waals surface area contributed by atoms with Crippen LogP contribution in [0.25, 0.3) is 0 Å². The third-order valence-corrected chi connectivity index (χ3v) is 5.65. The Morgan fingerprint density at radius 2 is 1.93 bits per heavy atom. The summed E-state index contributed by atoms with van der Waals surface area (Å²) < 4.78 is 7.27. The smallest absolute Gasteiger partial charge is 0.287 e. The molecule has 158 valence electrons. The molecule has 0 radical (unpaired) electrons. The van der Waals surface area contributed by atoms with Crippen LogP contribution < -0.4 is 5.32 Å². The maximum absolute atomic E-state index is 12.9. The monoisotopic (exact) mass is 400 g/mol. The molecule has 0 aromatic carbocycles. The van der Waals surface area contributed by atoms with E-state index in [-0.39, 0.29) is 17.9 Å². The average molecular weight is 401 g/mol. The number of nitrogens with zero attached hydrogens (tertiary/aromatic N) is 3. The van der Waals surface area contributed by atoms with Crippen molar-refractivity contribution in [3.8, 4) is 0 Å². The summed E-state index contributed by atoms with van der Waals surface area (Å²) >= 11 is 0. The molecule has 2 aromatic rings. The first kappa shape index (κ1) is 21.1. The van der Waals surface area contributed by atoms with Crippen LogP contribution in [0.5, 0.6) is 0 Å². The van der Waals surface area contributed by atoms with Crippen LogP contribution in [0.3, 0.4) is 0 Å². The van der Waals surface area contributed by atoms with Crippen LogP contribution in [-0.4, -0.2) is 45.6 Å². The van der Waals surface area contributed by atoms with Crippen molar-refractivity contribution in [3.05, 3.63) is 40.6 Å². The van der Waals surface area contributed by atoms with Crippen LogP contribution in [0.4, 0.5) is 0 Å². The number of carbonyl (C=O) groups is 2. The van der Waals surface area contributed by atoms with Gasteiger partial charge < -0.3 is 14.6 Å². The predicted molar refractivity (Wildman–Crippen MR) is 111 cm³/mol. The summed E-state index contributed by atoms with van der Waals surface area (Å²) in [5.74, 6) is 0.830. The SMILES string of the molecule is Cc1ccoc1C(=O)NC1CCN(C(=O)Cc2c(C)nn(CC(C)C)c2C)CC1. The number of hydrogen-bond acceptors (Lipinski definition) is 4. The molecule has 0 spiro atoms. The third kappa shape index (κ3) is 4.89. The molecule has 2 amide bonds. The predicted octanol–water partition coefficient (Wildman–Crippen LogP) is 3.02. The fraction of sp³-hybridized carbons (Fsp3) is 0.591. The van der Waals surface area contributed by atoms with E-state index in [2.05, 4.69) is 24.3 Å². The van der Waals surface area contributed by atoms with E-state index >= 15 is 0 Å². The molecule has 2 aromatic heterocycles. The summed E-state index contributed by atoms with van der Waals surface area (Å²) in [6, 6.07) is 1.84. The molecule has 7 nitrogen and oxygen atoms in total. The molecule has 7 heteroatoms. The fourth-order valence-electron chi connectivity index (χ4n) is 3.91. The Morgan fingerprint density at radius 3 is 2.52 bits per heavy atom. The van der Waals surface area contributed by atoms with E-state index in [0.29, 0.717) is 31.2 Å². The van der Waals surface area contributed by atoms with Crippen molar-refractivity contribution in [2.45, 2.75) is 66.5 Å². The van der Waals surface area contributed by atoms with Gasteiger partial charge in [0.1, 0.15) is 0 Å². The summed E-state index contributed by atoms with van der Waals surface area (Å²) in [7, 11) is 0. The maximum atomic E-state index is 12.9. The van der Waals surface area contributed by atoms with E-state index < -0.39 is 0 Å². The second-order valence-electron chi connectivity index (χ2n) is 8.46. The minimum absolute atomic E-state index is 0.0633. The first-order valence-electron chi connectivity index (χ1n) is 10.4. The molecule has 1 N–H and O–H groups in total. The minimum atomic E-state index is -0.180. The molecule has 0 atom stereocenters. The van der Waals surface area contributed by atoms with Crippen molar-refractivity contribution in [2.24, 2.45) is 5.92 Å². The van der Waals surface area contributed by atoms with Gasteiger partial charge in [-0.2, -0.15) is 5.10 Å². The van der Waals surface area contributed by atoms with Crippen LogP contribution in [0.15, 0.2) is 16.7 Å². The molecule has 0 aliphatic carbocycles. The Kier molecular flexibility index (Phi) is 6.45. The lowest BCUT2D eigenvalue weighted by molar-refractivity contribution is -0.131. The molecule has 3 heterocycles. The summed E-state index contributed by atoms with van der Waals surface area (Å²) in [6.45, 7) is 12.4. The van der Waals surface area contributed by atoms with Crippen LogP contribution in [0.2, 0.25) is 0 Å². The van der Waals surface area contributed by atoms with E-state index in [1.54, 1.807) is 6.07 Å². The van der Waals surface area contributed by atoms with Crippen molar-refractivity contribution in [1.82, 2.24) is 20.0 Å². The van der Waals surface area contributed by atoms with Crippen molar-refractivity contribution >= 4 is 11.8 Å². The lowest BCUT2D eigenvalue weighted by Gasteiger charge is -2.32. The third-order valence-electron chi connectivity index (χ3n) is 5.65. The second-order valence-corrected chi connectivity index (χ2v) is 8.46. The standard InChI is InChI=1S/C22H32N4O3/c1-14(2)13-26-17(5)19(16(4)24-26)12-20(27)25-9-6-18(7-10-25)23-22(28)21-15(3)8-11-29-21/h8,11,14,18H,6-7,9-10,12-13H2,1-5H3,(H,23,28). The van der Waals surface area contributed by atoms with Crippen LogP contribution in [-0.2, 0) is 17.8 Å². The zero-order valence-electron chi connectivity index (χ0n) is 18.1. The molecule has 3 rings (SSSR count). The van der Waals surface area contributed by atoms with E-state index in [0.717, 1.165) is 41.9 Å². The molecular weight excluding hydrogens is 368 g/mol. The Balaban J connectivity index is 1.53. The Labute approximate surface area is 172 Å². The topological polar surface area (TPSA) is 80.4 Å². The zero-order chi connectivity index (χ0) is 21.1. The Bertz CT molecular complexity index is 873.